The van der Waals surface area contributed by atoms with Gasteiger partial charge in [-0.2, -0.15) is 5.26 Å². The second-order valence-corrected chi connectivity index (χ2v) is 6.99. The van der Waals surface area contributed by atoms with E-state index >= 15 is 0 Å². The van der Waals surface area contributed by atoms with Gasteiger partial charge in [0.25, 0.3) is 0 Å². The van der Waals surface area contributed by atoms with Crippen LogP contribution in [0.4, 0.5) is 5.82 Å². The number of nitrogens with two attached hydrogens (primary N) is 1. The molecule has 126 valence electrons. The Kier molecular flexibility index (Phi) is 4.30. The quantitative estimate of drug-likeness (QED) is 0.596. The molecule has 0 aliphatic carbocycles. The molecule has 0 unspecified atom stereocenters. The van der Waals surface area contributed by atoms with Gasteiger partial charge in [0.05, 0.1) is 17.0 Å². The molecule has 0 bridgehead atoms. The molecule has 4 aromatic rings. The lowest BCUT2D eigenvalue weighted by molar-refractivity contribution is 0.929. The molecule has 0 saturated carbocycles. The van der Waals surface area contributed by atoms with Gasteiger partial charge < -0.3 is 5.73 Å². The lowest BCUT2D eigenvalue weighted by Gasteiger charge is -2.02. The van der Waals surface area contributed by atoms with Crippen LogP contribution in [0.5, 0.6) is 0 Å². The monoisotopic (exact) mass is 357 g/mol. The number of hydrogen-bond donors (Lipinski definition) is 1. The van der Waals surface area contributed by atoms with Crippen LogP contribution in [-0.4, -0.2) is 15.0 Å². The van der Waals surface area contributed by atoms with Crippen LogP contribution in [-0.2, 0) is 12.8 Å². The molecule has 4 rings (SSSR count). The standard InChI is InChI=1S/C20H15N5S/c21-12-13-4-3-5-14(10-13)19-24-18(22)17-11-16(26-20(17)25-19)8-7-15-6-1-2-9-23-15/h1-6,9-11H,7-8H2,(H2,22,24,25). The largest absolute Gasteiger partial charge is 0.383 e. The summed E-state index contributed by atoms with van der Waals surface area (Å²) in [4.78, 5) is 15.5. The zero-order valence-corrected chi connectivity index (χ0v) is 14.7. The first-order valence-corrected chi connectivity index (χ1v) is 9.01. The van der Waals surface area contributed by atoms with Crippen LogP contribution in [0, 0.1) is 11.3 Å². The molecule has 0 fully saturated rings. The summed E-state index contributed by atoms with van der Waals surface area (Å²) in [5.41, 5.74) is 8.60. The van der Waals surface area contributed by atoms with E-state index in [1.165, 1.54) is 4.88 Å². The minimum atomic E-state index is 0.465. The fourth-order valence-electron chi connectivity index (χ4n) is 2.77. The average Bonchev–Trinajstić information content (AvgIpc) is 3.11. The molecule has 1 aromatic carbocycles. The molecule has 0 radical (unpaired) electrons. The molecule has 26 heavy (non-hydrogen) atoms. The third kappa shape index (κ3) is 3.25. The zero-order chi connectivity index (χ0) is 17.9. The first-order chi connectivity index (χ1) is 12.7. The number of nitriles is 1. The van der Waals surface area contributed by atoms with E-state index in [4.69, 9.17) is 11.0 Å². The highest BCUT2D eigenvalue weighted by atomic mass is 32.1. The SMILES string of the molecule is N#Cc1cccc(-c2nc(N)c3cc(CCc4ccccn4)sc3n2)c1. The van der Waals surface area contributed by atoms with Crippen molar-refractivity contribution >= 4 is 27.4 Å². The summed E-state index contributed by atoms with van der Waals surface area (Å²) < 4.78 is 0. The second-order valence-electron chi connectivity index (χ2n) is 5.88. The van der Waals surface area contributed by atoms with Gasteiger partial charge in [0.2, 0.25) is 0 Å². The van der Waals surface area contributed by atoms with E-state index < -0.39 is 0 Å². The molecule has 2 N–H and O–H groups in total. The summed E-state index contributed by atoms with van der Waals surface area (Å²) in [6, 6.07) is 17.4. The Balaban J connectivity index is 1.65. The number of hydrogen-bond acceptors (Lipinski definition) is 6. The first-order valence-electron chi connectivity index (χ1n) is 8.19. The van der Waals surface area contributed by atoms with Crippen molar-refractivity contribution in [1.29, 1.82) is 5.26 Å². The van der Waals surface area contributed by atoms with E-state index in [1.54, 1.807) is 23.5 Å². The zero-order valence-electron chi connectivity index (χ0n) is 13.9. The smallest absolute Gasteiger partial charge is 0.163 e. The van der Waals surface area contributed by atoms with E-state index in [9.17, 15) is 0 Å². The minimum Gasteiger partial charge on any atom is -0.383 e. The number of pyridine rings is 1. The van der Waals surface area contributed by atoms with Crippen LogP contribution in [0.1, 0.15) is 16.1 Å². The van der Waals surface area contributed by atoms with Gasteiger partial charge in [0.15, 0.2) is 5.82 Å². The van der Waals surface area contributed by atoms with Crippen molar-refractivity contribution in [3.8, 4) is 17.5 Å². The van der Waals surface area contributed by atoms with Gasteiger partial charge in [-0.15, -0.1) is 11.3 Å². The number of rotatable bonds is 4. The van der Waals surface area contributed by atoms with Gasteiger partial charge in [-0.1, -0.05) is 18.2 Å². The highest BCUT2D eigenvalue weighted by Crippen LogP contribution is 2.30. The van der Waals surface area contributed by atoms with E-state index in [2.05, 4.69) is 27.1 Å². The van der Waals surface area contributed by atoms with Crippen LogP contribution in [0.3, 0.4) is 0 Å². The molecule has 3 heterocycles. The van der Waals surface area contributed by atoms with Crippen LogP contribution >= 0.6 is 11.3 Å². The number of fused-ring (bicyclic) bond motifs is 1. The number of thiophene rings is 1. The average molecular weight is 357 g/mol. The van der Waals surface area contributed by atoms with Crippen molar-refractivity contribution < 1.29 is 0 Å². The predicted octanol–water partition coefficient (Wildman–Crippen LogP) is 3.99. The lowest BCUT2D eigenvalue weighted by Crippen LogP contribution is -1.96. The Morgan fingerprint density at radius 1 is 1.04 bits per heavy atom. The molecule has 0 saturated heterocycles. The van der Waals surface area contributed by atoms with Crippen LogP contribution < -0.4 is 5.73 Å². The Morgan fingerprint density at radius 3 is 2.77 bits per heavy atom. The summed E-state index contributed by atoms with van der Waals surface area (Å²) >= 11 is 1.63. The molecule has 5 nitrogen and oxygen atoms in total. The summed E-state index contributed by atoms with van der Waals surface area (Å²) in [7, 11) is 0. The molecule has 6 heteroatoms. The maximum absolute atomic E-state index is 9.07. The fourth-order valence-corrected chi connectivity index (χ4v) is 3.81. The Labute approximate surface area is 154 Å². The van der Waals surface area contributed by atoms with Crippen LogP contribution in [0.25, 0.3) is 21.6 Å². The van der Waals surface area contributed by atoms with Crippen molar-refractivity contribution in [1.82, 2.24) is 15.0 Å². The van der Waals surface area contributed by atoms with E-state index in [0.717, 1.165) is 34.3 Å². The van der Waals surface area contributed by atoms with Gasteiger partial charge in [0, 0.05) is 22.3 Å². The summed E-state index contributed by atoms with van der Waals surface area (Å²) in [6.07, 6.45) is 3.57. The number of nitrogen functional groups attached to an aromatic ring is 1. The lowest BCUT2D eigenvalue weighted by atomic mass is 10.1. The first kappa shape index (κ1) is 16.2. The Hall–Kier alpha value is -3.30. The topological polar surface area (TPSA) is 88.5 Å². The second kappa shape index (κ2) is 6.90. The molecule has 0 spiro atoms. The number of aryl methyl sites for hydroxylation is 2. The van der Waals surface area contributed by atoms with Crippen molar-refractivity contribution in [3.63, 3.8) is 0 Å². The van der Waals surface area contributed by atoms with Gasteiger partial charge in [-0.25, -0.2) is 9.97 Å². The van der Waals surface area contributed by atoms with Gasteiger partial charge in [0.1, 0.15) is 10.6 Å². The van der Waals surface area contributed by atoms with Crippen LogP contribution in [0.15, 0.2) is 54.7 Å². The number of anilines is 1. The molecule has 0 amide bonds. The molecule has 0 aliphatic heterocycles. The molecule has 0 aliphatic rings. The highest BCUT2D eigenvalue weighted by Gasteiger charge is 2.12. The highest BCUT2D eigenvalue weighted by molar-refractivity contribution is 7.18. The van der Waals surface area contributed by atoms with E-state index in [0.29, 0.717) is 17.2 Å². The molecule has 0 atom stereocenters. The van der Waals surface area contributed by atoms with Gasteiger partial charge in [-0.3, -0.25) is 4.98 Å². The number of aromatic nitrogens is 3. The number of benzene rings is 1. The molecular weight excluding hydrogens is 342 g/mol. The fraction of sp³-hybridized carbons (Fsp3) is 0.100. The molecular formula is C20H15N5S. The maximum Gasteiger partial charge on any atom is 0.163 e. The Morgan fingerprint density at radius 2 is 1.96 bits per heavy atom. The van der Waals surface area contributed by atoms with Gasteiger partial charge >= 0.3 is 0 Å². The summed E-state index contributed by atoms with van der Waals surface area (Å²) in [5.74, 6) is 1.01. The maximum atomic E-state index is 9.07. The summed E-state index contributed by atoms with van der Waals surface area (Å²) in [6.45, 7) is 0. The van der Waals surface area contributed by atoms with Crippen molar-refractivity contribution in [3.05, 3.63) is 70.9 Å². The molecule has 3 aromatic heterocycles. The third-order valence-electron chi connectivity index (χ3n) is 4.08. The van der Waals surface area contributed by atoms with Gasteiger partial charge in [-0.05, 0) is 43.2 Å². The number of nitrogens with zero attached hydrogens (tertiary/aromatic N) is 4. The normalized spacial score (nSPS) is 10.7. The predicted molar refractivity (Wildman–Crippen MR) is 104 cm³/mol. The van der Waals surface area contributed by atoms with Crippen LogP contribution in [0.2, 0.25) is 0 Å². The third-order valence-corrected chi connectivity index (χ3v) is 5.17. The van der Waals surface area contributed by atoms with E-state index in [1.807, 2.05) is 36.5 Å². The van der Waals surface area contributed by atoms with Crippen molar-refractivity contribution in [2.75, 3.05) is 5.73 Å². The van der Waals surface area contributed by atoms with E-state index in [-0.39, 0.29) is 0 Å². The Bertz CT molecular complexity index is 1110. The summed E-state index contributed by atoms with van der Waals surface area (Å²) in [5, 5.41) is 9.95. The van der Waals surface area contributed by atoms with Crippen molar-refractivity contribution in [2.24, 2.45) is 0 Å². The van der Waals surface area contributed by atoms with Crippen molar-refractivity contribution in [2.45, 2.75) is 12.8 Å². The minimum absolute atomic E-state index is 0.465.